The topological polar surface area (TPSA) is 133 Å². The van der Waals surface area contributed by atoms with Gasteiger partial charge in [0.2, 0.25) is 0 Å². The fourth-order valence-electron chi connectivity index (χ4n) is 3.96. The number of nitro benzene ring substituents is 1. The van der Waals surface area contributed by atoms with E-state index in [4.69, 9.17) is 9.47 Å². The number of carboxylic acids is 1. The van der Waals surface area contributed by atoms with Crippen molar-refractivity contribution in [2.24, 2.45) is 0 Å². The van der Waals surface area contributed by atoms with Crippen LogP contribution in [0.2, 0.25) is 0 Å². The maximum absolute atomic E-state index is 13.7. The molecule has 0 aliphatic carbocycles. The highest BCUT2D eigenvalue weighted by Crippen LogP contribution is 2.38. The van der Waals surface area contributed by atoms with Gasteiger partial charge in [0, 0.05) is 28.6 Å². The van der Waals surface area contributed by atoms with Gasteiger partial charge in [0.05, 0.1) is 35.8 Å². The number of carbonyl (C=O) groups excluding carboxylic acids is 2. The van der Waals surface area contributed by atoms with E-state index in [1.54, 1.807) is 24.3 Å². The van der Waals surface area contributed by atoms with Crippen molar-refractivity contribution in [2.75, 3.05) is 14.2 Å². The van der Waals surface area contributed by atoms with Gasteiger partial charge in [-0.15, -0.1) is 0 Å². The van der Waals surface area contributed by atoms with Gasteiger partial charge in [-0.05, 0) is 41.8 Å². The zero-order valence-electron chi connectivity index (χ0n) is 19.2. The van der Waals surface area contributed by atoms with E-state index >= 15 is 0 Å². The van der Waals surface area contributed by atoms with Gasteiger partial charge in [-0.2, -0.15) is 0 Å². The summed E-state index contributed by atoms with van der Waals surface area (Å²) in [7, 11) is 2.78. The van der Waals surface area contributed by atoms with Crippen LogP contribution in [0.25, 0.3) is 10.8 Å². The Kier molecular flexibility index (Phi) is 6.47. The first-order valence-corrected chi connectivity index (χ1v) is 10.6. The third-order valence-electron chi connectivity index (χ3n) is 5.74. The first-order chi connectivity index (χ1) is 17.3. The molecule has 0 aliphatic heterocycles. The Labute approximate surface area is 204 Å². The molecule has 0 fully saturated rings. The summed E-state index contributed by atoms with van der Waals surface area (Å²) in [5.74, 6) is -1.70. The van der Waals surface area contributed by atoms with Gasteiger partial charge in [-0.25, -0.2) is 4.79 Å². The summed E-state index contributed by atoms with van der Waals surface area (Å²) in [5, 5.41) is 21.0. The van der Waals surface area contributed by atoms with Gasteiger partial charge >= 0.3 is 5.97 Å². The number of ketones is 2. The normalized spacial score (nSPS) is 10.6. The Balaban J connectivity index is 1.98. The molecule has 36 heavy (non-hydrogen) atoms. The molecule has 4 aromatic rings. The van der Waals surface area contributed by atoms with E-state index in [1.807, 2.05) is 0 Å². The molecule has 4 rings (SSSR count). The molecule has 0 aromatic heterocycles. The van der Waals surface area contributed by atoms with Crippen molar-refractivity contribution in [3.63, 3.8) is 0 Å². The van der Waals surface area contributed by atoms with Gasteiger partial charge in [-0.3, -0.25) is 19.7 Å². The largest absolute Gasteiger partial charge is 0.496 e. The van der Waals surface area contributed by atoms with Crippen molar-refractivity contribution < 1.29 is 33.9 Å². The molecule has 4 aromatic carbocycles. The van der Waals surface area contributed by atoms with Crippen LogP contribution in [0, 0.1) is 10.1 Å². The predicted octanol–water partition coefficient (Wildman–Crippen LogP) is 4.93. The number of methoxy groups -OCH3 is 2. The molecule has 0 unspecified atom stereocenters. The number of benzene rings is 4. The van der Waals surface area contributed by atoms with Crippen LogP contribution in [-0.2, 0) is 0 Å². The number of non-ortho nitro benzene ring substituents is 1. The molecule has 0 atom stereocenters. The summed E-state index contributed by atoms with van der Waals surface area (Å²) in [5.41, 5.74) is 0.405. The zero-order chi connectivity index (χ0) is 26.0. The number of aromatic carboxylic acids is 1. The highest BCUT2D eigenvalue weighted by Gasteiger charge is 2.26. The van der Waals surface area contributed by atoms with E-state index in [0.717, 1.165) is 0 Å². The number of carbonyl (C=O) groups is 3. The Bertz CT molecular complexity index is 1410. The van der Waals surface area contributed by atoms with E-state index in [9.17, 15) is 29.6 Å². The number of nitrogens with zero attached hydrogens (tertiary/aromatic N) is 1. The van der Waals surface area contributed by atoms with Crippen molar-refractivity contribution in [2.45, 2.75) is 0 Å². The lowest BCUT2D eigenvalue weighted by Gasteiger charge is -2.17. The monoisotopic (exact) mass is 485 g/mol. The average molecular weight is 485 g/mol. The molecule has 0 radical (unpaired) electrons. The summed E-state index contributed by atoms with van der Waals surface area (Å²) < 4.78 is 10.9. The Morgan fingerprint density at radius 1 is 0.694 bits per heavy atom. The molecule has 0 saturated heterocycles. The minimum Gasteiger partial charge on any atom is -0.496 e. The summed E-state index contributed by atoms with van der Waals surface area (Å²) in [6.45, 7) is 0. The summed E-state index contributed by atoms with van der Waals surface area (Å²) in [6, 6.07) is 17.1. The second-order valence-electron chi connectivity index (χ2n) is 7.73. The highest BCUT2D eigenvalue weighted by molar-refractivity contribution is 6.26. The van der Waals surface area contributed by atoms with Gasteiger partial charge < -0.3 is 14.6 Å². The Hall–Kier alpha value is -5.05. The predicted molar refractivity (Wildman–Crippen MR) is 130 cm³/mol. The lowest BCUT2D eigenvalue weighted by atomic mass is 9.89. The first-order valence-electron chi connectivity index (χ1n) is 10.6. The van der Waals surface area contributed by atoms with Gasteiger partial charge in [0.25, 0.3) is 5.69 Å². The van der Waals surface area contributed by atoms with E-state index in [1.165, 1.54) is 62.8 Å². The maximum Gasteiger partial charge on any atom is 0.335 e. The minimum absolute atomic E-state index is 0.0205. The van der Waals surface area contributed by atoms with E-state index < -0.39 is 22.5 Å². The molecule has 0 bridgehead atoms. The number of fused-ring (bicyclic) bond motifs is 1. The van der Waals surface area contributed by atoms with Crippen LogP contribution < -0.4 is 9.47 Å². The fraction of sp³-hybridized carbons (Fsp3) is 0.0741. The summed E-state index contributed by atoms with van der Waals surface area (Å²) >= 11 is 0. The van der Waals surface area contributed by atoms with Crippen molar-refractivity contribution in [3.05, 3.63) is 111 Å². The minimum atomic E-state index is -1.13. The molecular formula is C27H19NO8. The number of ether oxygens (including phenoxy) is 2. The molecule has 180 valence electrons. The third-order valence-corrected chi connectivity index (χ3v) is 5.74. The third kappa shape index (κ3) is 4.25. The van der Waals surface area contributed by atoms with Crippen LogP contribution in [0.1, 0.15) is 42.2 Å². The van der Waals surface area contributed by atoms with E-state index in [0.29, 0.717) is 5.39 Å². The van der Waals surface area contributed by atoms with Crippen LogP contribution in [0.4, 0.5) is 5.69 Å². The SMILES string of the molecule is COc1ccc2ccc(OC)c(C(=O)c3ccc([N+](=O)[O-])cc3)c2c1C(=O)c1ccc(C(=O)O)cc1. The highest BCUT2D eigenvalue weighted by atomic mass is 16.6. The van der Waals surface area contributed by atoms with E-state index in [-0.39, 0.29) is 50.4 Å². The Morgan fingerprint density at radius 2 is 1.11 bits per heavy atom. The molecule has 0 aliphatic rings. The molecule has 9 nitrogen and oxygen atoms in total. The van der Waals surface area contributed by atoms with Crippen LogP contribution in [0.15, 0.2) is 72.8 Å². The number of rotatable bonds is 8. The lowest BCUT2D eigenvalue weighted by Crippen LogP contribution is -2.11. The van der Waals surface area contributed by atoms with Crippen LogP contribution in [0.3, 0.4) is 0 Å². The molecule has 0 spiro atoms. The molecule has 0 saturated carbocycles. The first kappa shape index (κ1) is 24.1. The Morgan fingerprint density at radius 3 is 1.50 bits per heavy atom. The number of hydrogen-bond acceptors (Lipinski definition) is 7. The van der Waals surface area contributed by atoms with Gasteiger partial charge in [-0.1, -0.05) is 24.3 Å². The molecule has 0 heterocycles. The summed E-state index contributed by atoms with van der Waals surface area (Å²) in [6.07, 6.45) is 0. The lowest BCUT2D eigenvalue weighted by molar-refractivity contribution is -0.384. The molecule has 9 heteroatoms. The van der Waals surface area contributed by atoms with Gasteiger partial charge in [0.15, 0.2) is 11.6 Å². The molecule has 0 amide bonds. The number of carboxylic acid groups (broad SMARTS) is 1. The zero-order valence-corrected chi connectivity index (χ0v) is 19.2. The van der Waals surface area contributed by atoms with Crippen molar-refractivity contribution in [1.29, 1.82) is 0 Å². The number of hydrogen-bond donors (Lipinski definition) is 1. The smallest absolute Gasteiger partial charge is 0.335 e. The van der Waals surface area contributed by atoms with Crippen LogP contribution in [-0.4, -0.2) is 41.8 Å². The van der Waals surface area contributed by atoms with E-state index in [2.05, 4.69) is 0 Å². The molecule has 1 N–H and O–H groups in total. The quantitative estimate of drug-likeness (QED) is 0.211. The fourth-order valence-corrected chi connectivity index (χ4v) is 3.96. The van der Waals surface area contributed by atoms with Crippen molar-refractivity contribution >= 4 is 34.0 Å². The van der Waals surface area contributed by atoms with Crippen molar-refractivity contribution in [3.8, 4) is 11.5 Å². The second kappa shape index (κ2) is 9.67. The maximum atomic E-state index is 13.7. The standard InChI is InChI=1S/C27H19NO8/c1-35-20-13-9-15-10-14-21(36-2)24(26(30)17-7-11-19(12-8-17)28(33)34)22(15)23(20)25(29)16-3-5-18(6-4-16)27(31)32/h3-14H,1-2H3,(H,31,32). The average Bonchev–Trinajstić information content (AvgIpc) is 2.90. The van der Waals surface area contributed by atoms with Crippen LogP contribution in [0.5, 0.6) is 11.5 Å². The molecular weight excluding hydrogens is 466 g/mol. The number of nitro groups is 1. The van der Waals surface area contributed by atoms with Crippen molar-refractivity contribution in [1.82, 2.24) is 0 Å². The summed E-state index contributed by atoms with van der Waals surface area (Å²) in [4.78, 5) is 49.1. The second-order valence-corrected chi connectivity index (χ2v) is 7.73. The van der Waals surface area contributed by atoms with Crippen LogP contribution >= 0.6 is 0 Å². The van der Waals surface area contributed by atoms with Gasteiger partial charge in [0.1, 0.15) is 11.5 Å².